The Morgan fingerprint density at radius 3 is 3.00 bits per heavy atom. The van der Waals surface area contributed by atoms with Crippen LogP contribution in [0.4, 0.5) is 4.39 Å². The lowest BCUT2D eigenvalue weighted by Crippen LogP contribution is -2.44. The van der Waals surface area contributed by atoms with E-state index in [0.717, 1.165) is 42.9 Å². The van der Waals surface area contributed by atoms with E-state index < -0.39 is 5.82 Å². The first-order valence-corrected chi connectivity index (χ1v) is 8.68. The maximum Gasteiger partial charge on any atom is 0.250 e. The molecule has 4 rings (SSSR count). The predicted octanol–water partition coefficient (Wildman–Crippen LogP) is 2.64. The molecule has 6 nitrogen and oxygen atoms in total. The smallest absolute Gasteiger partial charge is 0.250 e. The Morgan fingerprint density at radius 2 is 2.24 bits per heavy atom. The number of pyridine rings is 1. The van der Waals surface area contributed by atoms with E-state index in [-0.39, 0.29) is 24.1 Å². The van der Waals surface area contributed by atoms with Gasteiger partial charge in [0.15, 0.2) is 5.82 Å². The quantitative estimate of drug-likeness (QED) is 0.847. The van der Waals surface area contributed by atoms with E-state index in [1.165, 1.54) is 6.07 Å². The Kier molecular flexibility index (Phi) is 4.43. The van der Waals surface area contributed by atoms with Crippen LogP contribution in [0, 0.1) is 19.7 Å². The Bertz CT molecular complexity index is 731. The molecular formula is C18H22FN3O3. The highest BCUT2D eigenvalue weighted by atomic mass is 19.1. The van der Waals surface area contributed by atoms with Gasteiger partial charge in [0.05, 0.1) is 18.4 Å². The largest absolute Gasteiger partial charge is 0.468 e. The van der Waals surface area contributed by atoms with Gasteiger partial charge in [-0.25, -0.2) is 9.37 Å². The summed E-state index contributed by atoms with van der Waals surface area (Å²) in [5.41, 5.74) is 2.01. The van der Waals surface area contributed by atoms with Gasteiger partial charge >= 0.3 is 0 Å². The van der Waals surface area contributed by atoms with E-state index in [2.05, 4.69) is 15.0 Å². The maximum atomic E-state index is 14.0. The summed E-state index contributed by atoms with van der Waals surface area (Å²) in [4.78, 5) is 6.37. The standard InChI is InChI=1S/C18H22FN3O3/c1-11-13(12(2)25-21-11)10-22-8-9-23-16-6-5-15(22)17(16)24-18-14(19)4-3-7-20-18/h3-4,7,15-17H,5-6,8-10H2,1-2H3/t15-,16-,17-/m0/s1. The van der Waals surface area contributed by atoms with Gasteiger partial charge in [-0.3, -0.25) is 4.90 Å². The van der Waals surface area contributed by atoms with E-state index >= 15 is 0 Å². The van der Waals surface area contributed by atoms with Crippen molar-refractivity contribution in [2.45, 2.75) is 51.5 Å². The fourth-order valence-corrected chi connectivity index (χ4v) is 3.84. The molecule has 0 N–H and O–H groups in total. The Morgan fingerprint density at radius 1 is 1.36 bits per heavy atom. The van der Waals surface area contributed by atoms with E-state index in [1.807, 2.05) is 13.8 Å². The summed E-state index contributed by atoms with van der Waals surface area (Å²) in [6, 6.07) is 3.08. The van der Waals surface area contributed by atoms with E-state index in [4.69, 9.17) is 14.0 Å². The van der Waals surface area contributed by atoms with Crippen LogP contribution in [-0.4, -0.2) is 46.4 Å². The van der Waals surface area contributed by atoms with Gasteiger partial charge in [-0.15, -0.1) is 0 Å². The fourth-order valence-electron chi connectivity index (χ4n) is 3.84. The van der Waals surface area contributed by atoms with Crippen molar-refractivity contribution >= 4 is 0 Å². The van der Waals surface area contributed by atoms with E-state index in [0.29, 0.717) is 6.61 Å². The van der Waals surface area contributed by atoms with Crippen molar-refractivity contribution in [2.75, 3.05) is 13.2 Å². The second-order valence-corrected chi connectivity index (χ2v) is 6.70. The normalized spacial score (nSPS) is 26.6. The summed E-state index contributed by atoms with van der Waals surface area (Å²) >= 11 is 0. The summed E-state index contributed by atoms with van der Waals surface area (Å²) in [6.45, 7) is 6.05. The third-order valence-electron chi connectivity index (χ3n) is 5.19. The lowest BCUT2D eigenvalue weighted by Gasteiger charge is -2.31. The first-order chi connectivity index (χ1) is 12.1. The number of aromatic nitrogens is 2. The molecule has 0 amide bonds. The van der Waals surface area contributed by atoms with Gasteiger partial charge in [-0.05, 0) is 38.8 Å². The highest BCUT2D eigenvalue weighted by Gasteiger charge is 2.44. The van der Waals surface area contributed by atoms with Crippen LogP contribution in [0.25, 0.3) is 0 Å². The molecule has 7 heteroatoms. The predicted molar refractivity (Wildman–Crippen MR) is 87.8 cm³/mol. The zero-order valence-corrected chi connectivity index (χ0v) is 14.4. The van der Waals surface area contributed by atoms with Crippen molar-refractivity contribution in [1.29, 1.82) is 0 Å². The minimum atomic E-state index is -0.441. The summed E-state index contributed by atoms with van der Waals surface area (Å²) < 4.78 is 31.2. The lowest BCUT2D eigenvalue weighted by molar-refractivity contribution is 0.000135. The minimum Gasteiger partial charge on any atom is -0.468 e. The van der Waals surface area contributed by atoms with E-state index in [9.17, 15) is 4.39 Å². The molecule has 0 aromatic carbocycles. The van der Waals surface area contributed by atoms with Crippen LogP contribution in [0.3, 0.4) is 0 Å². The first-order valence-electron chi connectivity index (χ1n) is 8.68. The van der Waals surface area contributed by atoms with Crippen LogP contribution in [0.1, 0.15) is 29.9 Å². The molecule has 3 atom stereocenters. The SMILES string of the molecule is Cc1noc(C)c1CN1CCO[C@H]2CC[C@H]1[C@@H]2Oc1ncccc1F. The van der Waals surface area contributed by atoms with Crippen molar-refractivity contribution in [3.63, 3.8) is 0 Å². The van der Waals surface area contributed by atoms with Crippen LogP contribution < -0.4 is 4.74 Å². The zero-order chi connectivity index (χ0) is 17.4. The van der Waals surface area contributed by atoms with Crippen molar-refractivity contribution in [1.82, 2.24) is 15.0 Å². The number of nitrogens with zero attached hydrogens (tertiary/aromatic N) is 3. The number of hydrogen-bond donors (Lipinski definition) is 0. The molecule has 1 aliphatic heterocycles. The highest BCUT2D eigenvalue weighted by molar-refractivity contribution is 5.21. The average molecular weight is 347 g/mol. The van der Waals surface area contributed by atoms with Crippen molar-refractivity contribution in [3.05, 3.63) is 41.2 Å². The highest BCUT2D eigenvalue weighted by Crippen LogP contribution is 2.34. The van der Waals surface area contributed by atoms with Gasteiger partial charge in [0.2, 0.25) is 0 Å². The van der Waals surface area contributed by atoms with Crippen molar-refractivity contribution in [2.24, 2.45) is 0 Å². The number of fused-ring (bicyclic) bond motifs is 2. The third-order valence-corrected chi connectivity index (χ3v) is 5.19. The van der Waals surface area contributed by atoms with Crippen LogP contribution in [0.2, 0.25) is 0 Å². The number of ether oxygens (including phenoxy) is 2. The Hall–Kier alpha value is -1.99. The maximum absolute atomic E-state index is 14.0. The topological polar surface area (TPSA) is 60.6 Å². The number of halogens is 1. The Balaban J connectivity index is 1.57. The van der Waals surface area contributed by atoms with Gasteiger partial charge < -0.3 is 14.0 Å². The van der Waals surface area contributed by atoms with Gasteiger partial charge in [-0.1, -0.05) is 5.16 Å². The lowest BCUT2D eigenvalue weighted by atomic mass is 10.1. The van der Waals surface area contributed by atoms with Crippen LogP contribution in [0.5, 0.6) is 5.88 Å². The molecule has 0 unspecified atom stereocenters. The molecule has 134 valence electrons. The van der Waals surface area contributed by atoms with Crippen molar-refractivity contribution < 1.29 is 18.4 Å². The Labute approximate surface area is 145 Å². The zero-order valence-electron chi connectivity index (χ0n) is 14.4. The molecule has 0 radical (unpaired) electrons. The van der Waals surface area contributed by atoms with Gasteiger partial charge in [0.25, 0.3) is 5.88 Å². The molecule has 2 bridgehead atoms. The van der Waals surface area contributed by atoms with Gasteiger partial charge in [0, 0.05) is 30.9 Å². The van der Waals surface area contributed by atoms with E-state index in [1.54, 1.807) is 12.3 Å². The van der Waals surface area contributed by atoms with Crippen LogP contribution in [0.15, 0.2) is 22.9 Å². The van der Waals surface area contributed by atoms with Gasteiger partial charge in [0.1, 0.15) is 11.9 Å². The number of aryl methyl sites for hydroxylation is 2. The molecule has 2 fully saturated rings. The number of rotatable bonds is 4. The monoisotopic (exact) mass is 347 g/mol. The van der Waals surface area contributed by atoms with Crippen molar-refractivity contribution in [3.8, 4) is 5.88 Å². The second kappa shape index (κ2) is 6.72. The van der Waals surface area contributed by atoms with Crippen LogP contribution >= 0.6 is 0 Å². The molecule has 2 aliphatic rings. The molecule has 1 saturated carbocycles. The summed E-state index contributed by atoms with van der Waals surface area (Å²) in [7, 11) is 0. The first kappa shape index (κ1) is 16.5. The molecule has 2 aromatic rings. The molecule has 1 aliphatic carbocycles. The average Bonchev–Trinajstić information content (AvgIpc) is 3.06. The minimum absolute atomic E-state index is 0.0268. The summed E-state index contributed by atoms with van der Waals surface area (Å²) in [5.74, 6) is 0.445. The molecule has 3 heterocycles. The van der Waals surface area contributed by atoms with Gasteiger partial charge in [-0.2, -0.15) is 0 Å². The molecule has 1 saturated heterocycles. The number of hydrogen-bond acceptors (Lipinski definition) is 6. The summed E-state index contributed by atoms with van der Waals surface area (Å²) in [5, 5.41) is 4.04. The molecule has 0 spiro atoms. The summed E-state index contributed by atoms with van der Waals surface area (Å²) in [6.07, 6.45) is 3.14. The van der Waals surface area contributed by atoms with Crippen LogP contribution in [-0.2, 0) is 11.3 Å². The second-order valence-electron chi connectivity index (χ2n) is 6.70. The molecular weight excluding hydrogens is 325 g/mol. The third kappa shape index (κ3) is 3.14. The fraction of sp³-hybridized carbons (Fsp3) is 0.556. The molecule has 25 heavy (non-hydrogen) atoms. The molecule has 2 aromatic heterocycles.